The van der Waals surface area contributed by atoms with Crippen molar-refractivity contribution in [3.63, 3.8) is 0 Å². The van der Waals surface area contributed by atoms with Crippen LogP contribution in [-0.2, 0) is 28.8 Å². The molecule has 2 N–H and O–H groups in total. The van der Waals surface area contributed by atoms with E-state index in [1.54, 1.807) is 33.1 Å². The van der Waals surface area contributed by atoms with Crippen LogP contribution in [0.1, 0.15) is 33.4 Å². The molecule has 0 radical (unpaired) electrons. The van der Waals surface area contributed by atoms with Crippen LogP contribution in [0.15, 0.2) is 16.0 Å². The van der Waals surface area contributed by atoms with Crippen molar-refractivity contribution in [3.8, 4) is 0 Å². The van der Waals surface area contributed by atoms with Gasteiger partial charge in [-0.2, -0.15) is 0 Å². The fraction of sp³-hybridized carbons (Fsp3) is 0.579. The Bertz CT molecular complexity index is 944. The predicted octanol–water partition coefficient (Wildman–Crippen LogP) is 0.696. The second-order valence-corrected chi connectivity index (χ2v) is 10.5. The maximum atomic E-state index is 12.9. The van der Waals surface area contributed by atoms with Crippen molar-refractivity contribution in [1.29, 1.82) is 0 Å². The van der Waals surface area contributed by atoms with Crippen LogP contribution in [0, 0.1) is 5.41 Å². The van der Waals surface area contributed by atoms with E-state index in [4.69, 9.17) is 9.57 Å². The third kappa shape index (κ3) is 5.21. The molecule has 3 rings (SSSR count). The van der Waals surface area contributed by atoms with E-state index in [1.807, 2.05) is 0 Å². The first-order valence-electron chi connectivity index (χ1n) is 9.68. The summed E-state index contributed by atoms with van der Waals surface area (Å²) in [4.78, 5) is 59.2. The fourth-order valence-corrected chi connectivity index (χ4v) is 5.12. The lowest BCUT2D eigenvalue weighted by Crippen LogP contribution is -2.73. The molecule has 1 aromatic rings. The number of rotatable bonds is 7. The number of carboxylic acids is 1. The molecule has 0 aliphatic carbocycles. The topological polar surface area (TPSA) is 147 Å². The highest BCUT2D eigenvalue weighted by Crippen LogP contribution is 2.41. The van der Waals surface area contributed by atoms with Crippen LogP contribution >= 0.6 is 23.1 Å². The third-order valence-electron chi connectivity index (χ3n) is 4.68. The summed E-state index contributed by atoms with van der Waals surface area (Å²) in [6, 6.07) is -0.819. The van der Waals surface area contributed by atoms with Crippen LogP contribution in [0.4, 0.5) is 0 Å². The second kappa shape index (κ2) is 9.06. The predicted molar refractivity (Wildman–Crippen MR) is 116 cm³/mol. The lowest BCUT2D eigenvalue weighted by molar-refractivity contribution is -0.160. The highest BCUT2D eigenvalue weighted by atomic mass is 32.2. The monoisotopic (exact) mass is 484 g/mol. The molecule has 2 amide bonds. The molecular formula is C19H24N4O7S2. The molecule has 0 aromatic carbocycles. The number of carboxylic acid groups (broad SMARTS) is 1. The summed E-state index contributed by atoms with van der Waals surface area (Å²) in [7, 11) is 0. The van der Waals surface area contributed by atoms with Crippen LogP contribution in [0.25, 0.3) is 0 Å². The number of carbonyl (C=O) groups is 4. The highest BCUT2D eigenvalue weighted by molar-refractivity contribution is 8.00. The Morgan fingerprint density at radius 1 is 1.41 bits per heavy atom. The summed E-state index contributed by atoms with van der Waals surface area (Å²) in [5.41, 5.74) is -0.169. The number of hydrogen-bond donors (Lipinski definition) is 2. The van der Waals surface area contributed by atoms with Gasteiger partial charge in [-0.25, -0.2) is 9.78 Å². The summed E-state index contributed by atoms with van der Waals surface area (Å²) in [6.07, 6.45) is 0. The number of esters is 1. The van der Waals surface area contributed by atoms with Gasteiger partial charge in [-0.1, -0.05) is 5.16 Å². The van der Waals surface area contributed by atoms with Crippen LogP contribution in [-0.4, -0.2) is 80.4 Å². The largest absolute Gasteiger partial charge is 0.481 e. The molecule has 3 heterocycles. The van der Waals surface area contributed by atoms with Crippen LogP contribution in [0.3, 0.4) is 0 Å². The lowest BCUT2D eigenvalue weighted by Gasteiger charge is -2.53. The maximum absolute atomic E-state index is 12.9. The zero-order chi connectivity index (χ0) is 23.7. The number of thiazole rings is 1. The summed E-state index contributed by atoms with van der Waals surface area (Å²) in [5.74, 6) is -2.36. The number of amides is 2. The van der Waals surface area contributed by atoms with Gasteiger partial charge in [-0.3, -0.25) is 14.4 Å². The molecule has 0 saturated carbocycles. The van der Waals surface area contributed by atoms with Crippen molar-refractivity contribution in [3.05, 3.63) is 16.6 Å². The van der Waals surface area contributed by atoms with Crippen LogP contribution < -0.4 is 5.32 Å². The normalized spacial score (nSPS) is 25.4. The molecule has 3 atom stereocenters. The number of ether oxygens (including phenoxy) is 1. The first kappa shape index (κ1) is 24.0. The van der Waals surface area contributed by atoms with Gasteiger partial charge in [0.25, 0.3) is 5.91 Å². The number of fused-ring (bicyclic) bond motifs is 1. The van der Waals surface area contributed by atoms with Gasteiger partial charge in [0, 0.05) is 17.7 Å². The molecule has 2 unspecified atom stereocenters. The Hall–Kier alpha value is -2.67. The van der Waals surface area contributed by atoms with E-state index in [0.29, 0.717) is 5.75 Å². The van der Waals surface area contributed by atoms with Crippen molar-refractivity contribution < 1.29 is 33.9 Å². The van der Waals surface area contributed by atoms with E-state index in [9.17, 15) is 24.3 Å². The first-order valence-corrected chi connectivity index (χ1v) is 11.7. The van der Waals surface area contributed by atoms with Crippen LogP contribution in [0.2, 0.25) is 0 Å². The number of aromatic nitrogens is 1. The number of β-lactam (4-membered cyclic amide) rings is 1. The number of carbonyl (C=O) groups excluding carboxylic acids is 3. The van der Waals surface area contributed by atoms with Gasteiger partial charge in [0.2, 0.25) is 12.5 Å². The molecule has 11 nitrogen and oxygen atoms in total. The standard InChI is InChI=1S/C19H24N4O7S2/c1-18(2,3)30-11(24)5-29-22-12(10-6-31-9-20-10)14(25)21-13-15(26)23-7-19(4,17(27)28)8-32-16(13)23/h6,9,13,16H,5,7-8H2,1-4H3,(H,21,25)(H,27,28)/t13?,16-,19?/m1/s1. The van der Waals surface area contributed by atoms with Gasteiger partial charge in [-0.15, -0.1) is 23.1 Å². The molecule has 2 fully saturated rings. The maximum Gasteiger partial charge on any atom is 0.347 e. The Kier molecular flexibility index (Phi) is 6.79. The molecule has 1 aromatic heterocycles. The Morgan fingerprint density at radius 2 is 2.12 bits per heavy atom. The van der Waals surface area contributed by atoms with Crippen LogP contribution in [0.5, 0.6) is 0 Å². The summed E-state index contributed by atoms with van der Waals surface area (Å²) in [6.45, 7) is 6.31. The minimum absolute atomic E-state index is 0.0806. The minimum Gasteiger partial charge on any atom is -0.481 e. The number of hydrogen-bond acceptors (Lipinski definition) is 10. The van der Waals surface area contributed by atoms with E-state index < -0.39 is 41.5 Å². The molecule has 13 heteroatoms. The van der Waals surface area contributed by atoms with E-state index in [1.165, 1.54) is 33.5 Å². The molecular weight excluding hydrogens is 460 g/mol. The molecule has 174 valence electrons. The third-order valence-corrected chi connectivity index (χ3v) is 6.94. The summed E-state index contributed by atoms with van der Waals surface area (Å²) < 4.78 is 5.13. The van der Waals surface area contributed by atoms with Crippen molar-refractivity contribution in [2.75, 3.05) is 18.9 Å². The highest BCUT2D eigenvalue weighted by Gasteiger charge is 2.56. The Morgan fingerprint density at radius 3 is 2.72 bits per heavy atom. The average Bonchev–Trinajstić information content (AvgIpc) is 3.22. The summed E-state index contributed by atoms with van der Waals surface area (Å²) in [5, 5.41) is 17.0. The van der Waals surface area contributed by atoms with Gasteiger partial charge in [0.1, 0.15) is 22.7 Å². The zero-order valence-corrected chi connectivity index (χ0v) is 19.6. The number of aliphatic carboxylic acids is 1. The number of nitrogens with zero attached hydrogens (tertiary/aromatic N) is 3. The Balaban J connectivity index is 1.65. The molecule has 2 aliphatic heterocycles. The second-order valence-electron chi connectivity index (χ2n) is 8.66. The van der Waals surface area contributed by atoms with Crippen molar-refractivity contribution in [2.45, 2.75) is 44.7 Å². The van der Waals surface area contributed by atoms with E-state index in [0.717, 1.165) is 0 Å². The number of thioether (sulfide) groups is 1. The minimum atomic E-state index is -1.03. The average molecular weight is 485 g/mol. The molecule has 2 aliphatic rings. The fourth-order valence-electron chi connectivity index (χ4n) is 3.10. The van der Waals surface area contributed by atoms with Crippen molar-refractivity contribution in [1.82, 2.24) is 15.2 Å². The molecule has 0 bridgehead atoms. The molecule has 0 spiro atoms. The van der Waals surface area contributed by atoms with E-state index in [-0.39, 0.29) is 29.2 Å². The van der Waals surface area contributed by atoms with E-state index in [2.05, 4.69) is 15.5 Å². The van der Waals surface area contributed by atoms with Crippen molar-refractivity contribution in [2.24, 2.45) is 10.6 Å². The number of oxime groups is 1. The zero-order valence-electron chi connectivity index (χ0n) is 18.0. The molecule has 32 heavy (non-hydrogen) atoms. The van der Waals surface area contributed by atoms with Gasteiger partial charge in [-0.05, 0) is 27.7 Å². The number of nitrogens with one attached hydrogen (secondary N) is 1. The van der Waals surface area contributed by atoms with Gasteiger partial charge < -0.3 is 24.9 Å². The molecule has 2 saturated heterocycles. The van der Waals surface area contributed by atoms with E-state index >= 15 is 0 Å². The van der Waals surface area contributed by atoms with Gasteiger partial charge in [0.15, 0.2) is 5.71 Å². The first-order chi connectivity index (χ1) is 14.9. The Labute approximate surface area is 192 Å². The lowest BCUT2D eigenvalue weighted by atomic mass is 9.89. The SMILES string of the molecule is CC(C)(C)OC(=O)CON=C(C(=O)NC1C(=O)N2CC(C)(C(=O)O)CS[C@H]12)c1cscn1. The quantitative estimate of drug-likeness (QED) is 0.247. The van der Waals surface area contributed by atoms with Gasteiger partial charge >= 0.3 is 11.9 Å². The van der Waals surface area contributed by atoms with Gasteiger partial charge in [0.05, 0.1) is 10.9 Å². The summed E-state index contributed by atoms with van der Waals surface area (Å²) >= 11 is 2.54. The van der Waals surface area contributed by atoms with Crippen molar-refractivity contribution >= 4 is 52.6 Å². The smallest absolute Gasteiger partial charge is 0.347 e.